The van der Waals surface area contributed by atoms with Crippen molar-refractivity contribution in [2.24, 2.45) is 5.10 Å². The van der Waals surface area contributed by atoms with E-state index in [1.54, 1.807) is 13.1 Å². The van der Waals surface area contributed by atoms with Gasteiger partial charge in [-0.3, -0.25) is 15.3 Å². The molecule has 160 valence electrons. The van der Waals surface area contributed by atoms with Gasteiger partial charge in [-0.2, -0.15) is 5.10 Å². The number of nitrogens with zero attached hydrogens (tertiary/aromatic N) is 2. The highest BCUT2D eigenvalue weighted by Crippen LogP contribution is 2.26. The number of hydrogen-bond donors (Lipinski definition) is 3. The molecule has 0 amide bonds. The Bertz CT molecular complexity index is 1330. The van der Waals surface area contributed by atoms with Crippen molar-refractivity contribution in [1.82, 2.24) is 20.5 Å². The van der Waals surface area contributed by atoms with Gasteiger partial charge in [0.1, 0.15) is 5.71 Å². The normalized spacial score (nSPS) is 11.2. The first-order valence-electron chi connectivity index (χ1n) is 9.86. The minimum Gasteiger partial charge on any atom is -0.364 e. The van der Waals surface area contributed by atoms with Crippen molar-refractivity contribution in [2.75, 3.05) is 7.05 Å². The van der Waals surface area contributed by atoms with E-state index in [0.717, 1.165) is 5.56 Å². The third-order valence-electron chi connectivity index (χ3n) is 4.83. The number of aromatic amines is 1. The van der Waals surface area contributed by atoms with Crippen molar-refractivity contribution in [2.45, 2.75) is 0 Å². The molecule has 8 heteroatoms. The van der Waals surface area contributed by atoms with Crippen LogP contribution in [0.2, 0.25) is 5.02 Å². The van der Waals surface area contributed by atoms with Crippen LogP contribution in [0, 0.1) is 0 Å². The minimum absolute atomic E-state index is 0.258. The van der Waals surface area contributed by atoms with Gasteiger partial charge in [-0.1, -0.05) is 78.3 Å². The maximum absolute atomic E-state index is 13.7. The Morgan fingerprint density at radius 2 is 1.59 bits per heavy atom. The Morgan fingerprint density at radius 3 is 2.25 bits per heavy atom. The Hall–Kier alpha value is -3.68. The molecule has 0 atom stereocenters. The van der Waals surface area contributed by atoms with E-state index in [1.807, 2.05) is 78.9 Å². The third-order valence-corrected chi connectivity index (χ3v) is 5.45. The zero-order chi connectivity index (χ0) is 22.5. The average Bonchev–Trinajstić information content (AvgIpc) is 3.18. The van der Waals surface area contributed by atoms with Gasteiger partial charge in [0.25, 0.3) is 5.56 Å². The molecule has 4 aromatic rings. The molecule has 0 bridgehead atoms. The number of halogens is 1. The van der Waals surface area contributed by atoms with Gasteiger partial charge in [-0.05, 0) is 30.4 Å². The molecule has 0 unspecified atom stereocenters. The van der Waals surface area contributed by atoms with Gasteiger partial charge >= 0.3 is 0 Å². The molecule has 0 saturated carbocycles. The van der Waals surface area contributed by atoms with Crippen molar-refractivity contribution in [3.63, 3.8) is 0 Å². The first-order chi connectivity index (χ1) is 15.6. The molecular weight excluding hydrogens is 442 g/mol. The summed E-state index contributed by atoms with van der Waals surface area (Å²) in [6.07, 6.45) is 0. The van der Waals surface area contributed by atoms with Crippen LogP contribution in [0.4, 0.5) is 0 Å². The van der Waals surface area contributed by atoms with Gasteiger partial charge < -0.3 is 5.32 Å². The van der Waals surface area contributed by atoms with Gasteiger partial charge in [0, 0.05) is 18.2 Å². The summed E-state index contributed by atoms with van der Waals surface area (Å²) in [4.78, 5) is 13.7. The van der Waals surface area contributed by atoms with E-state index >= 15 is 0 Å². The lowest BCUT2D eigenvalue weighted by molar-refractivity contribution is 0.852. The summed E-state index contributed by atoms with van der Waals surface area (Å²) < 4.78 is 1.50. The number of nitrogens with one attached hydrogen (secondary N) is 3. The number of benzene rings is 3. The number of hydrogen-bond acceptors (Lipinski definition) is 3. The first-order valence-corrected chi connectivity index (χ1v) is 10.7. The summed E-state index contributed by atoms with van der Waals surface area (Å²) in [5.41, 5.74) is 6.06. The van der Waals surface area contributed by atoms with E-state index in [0.29, 0.717) is 38.4 Å². The second-order valence-electron chi connectivity index (χ2n) is 6.84. The molecule has 0 radical (unpaired) electrons. The zero-order valence-electron chi connectivity index (χ0n) is 17.2. The Morgan fingerprint density at radius 1 is 0.969 bits per heavy atom. The smallest absolute Gasteiger partial charge is 0.281 e. The van der Waals surface area contributed by atoms with Crippen LogP contribution in [-0.4, -0.2) is 27.7 Å². The van der Waals surface area contributed by atoms with Crippen LogP contribution in [0.25, 0.3) is 16.9 Å². The monoisotopic (exact) mass is 461 g/mol. The summed E-state index contributed by atoms with van der Waals surface area (Å²) >= 11 is 11.7. The van der Waals surface area contributed by atoms with E-state index in [1.165, 1.54) is 4.68 Å². The predicted molar refractivity (Wildman–Crippen MR) is 134 cm³/mol. The summed E-state index contributed by atoms with van der Waals surface area (Å²) in [6.45, 7) is 0. The van der Waals surface area contributed by atoms with Gasteiger partial charge in [0.15, 0.2) is 5.11 Å². The van der Waals surface area contributed by atoms with Crippen molar-refractivity contribution in [3.8, 4) is 16.9 Å². The zero-order valence-corrected chi connectivity index (χ0v) is 18.7. The maximum atomic E-state index is 13.7. The summed E-state index contributed by atoms with van der Waals surface area (Å²) in [5.74, 6) is 0. The van der Waals surface area contributed by atoms with Crippen molar-refractivity contribution in [1.29, 1.82) is 0 Å². The van der Waals surface area contributed by atoms with Crippen LogP contribution < -0.4 is 16.3 Å². The highest BCUT2D eigenvalue weighted by Gasteiger charge is 2.24. The van der Waals surface area contributed by atoms with Crippen LogP contribution >= 0.6 is 23.8 Å². The second kappa shape index (κ2) is 9.64. The van der Waals surface area contributed by atoms with Crippen molar-refractivity contribution >= 4 is 34.6 Å². The molecule has 0 aliphatic heterocycles. The van der Waals surface area contributed by atoms with Crippen LogP contribution in [0.15, 0.2) is 94.8 Å². The SMILES string of the molecule is CNC(=S)N/N=C(\c1ccccc1Cl)c1c(-c2ccccc2)[nH]n(-c2ccccc2)c1=O. The molecule has 32 heavy (non-hydrogen) atoms. The van der Waals surface area contributed by atoms with E-state index < -0.39 is 0 Å². The molecule has 3 aromatic carbocycles. The fourth-order valence-corrected chi connectivity index (χ4v) is 3.57. The number of rotatable bonds is 5. The quantitative estimate of drug-likeness (QED) is 0.235. The number of H-pyrrole nitrogens is 1. The molecule has 1 heterocycles. The lowest BCUT2D eigenvalue weighted by atomic mass is 9.99. The molecule has 1 aromatic heterocycles. The molecule has 0 aliphatic rings. The summed E-state index contributed by atoms with van der Waals surface area (Å²) in [6, 6.07) is 26.2. The van der Waals surface area contributed by atoms with Crippen LogP contribution in [-0.2, 0) is 0 Å². The number of thiocarbonyl (C=S) groups is 1. The van der Waals surface area contributed by atoms with Crippen molar-refractivity contribution < 1.29 is 0 Å². The second-order valence-corrected chi connectivity index (χ2v) is 7.65. The largest absolute Gasteiger partial charge is 0.364 e. The molecule has 4 rings (SSSR count). The third kappa shape index (κ3) is 4.34. The van der Waals surface area contributed by atoms with E-state index in [2.05, 4.69) is 20.9 Å². The standard InChI is InChI=1S/C24H20ClN5OS/c1-26-24(32)28-27-22(18-14-8-9-15-19(18)25)20-21(16-10-4-2-5-11-16)29-30(23(20)31)17-12-6-3-7-13-17/h2-15,29H,1H3,(H2,26,28,32)/b27-22+. The fourth-order valence-electron chi connectivity index (χ4n) is 3.30. The summed E-state index contributed by atoms with van der Waals surface area (Å²) in [5, 5.41) is 11.4. The lowest BCUT2D eigenvalue weighted by Crippen LogP contribution is -2.31. The molecule has 0 spiro atoms. The van der Waals surface area contributed by atoms with Crippen LogP contribution in [0.1, 0.15) is 11.1 Å². The summed E-state index contributed by atoms with van der Waals surface area (Å²) in [7, 11) is 1.69. The Labute approximate surface area is 195 Å². The highest BCUT2D eigenvalue weighted by atomic mass is 35.5. The van der Waals surface area contributed by atoms with Crippen molar-refractivity contribution in [3.05, 3.63) is 111 Å². The van der Waals surface area contributed by atoms with Crippen LogP contribution in [0.5, 0.6) is 0 Å². The molecule has 0 aliphatic carbocycles. The topological polar surface area (TPSA) is 74.2 Å². The number of aromatic nitrogens is 2. The fraction of sp³-hybridized carbons (Fsp3) is 0.0417. The average molecular weight is 462 g/mol. The molecule has 6 nitrogen and oxygen atoms in total. The minimum atomic E-state index is -0.258. The van der Waals surface area contributed by atoms with Gasteiger partial charge in [-0.25, -0.2) is 4.68 Å². The molecule has 3 N–H and O–H groups in total. The molecular formula is C24H20ClN5OS. The predicted octanol–water partition coefficient (Wildman–Crippen LogP) is 4.33. The number of hydrazone groups is 1. The molecule has 0 fully saturated rings. The van der Waals surface area contributed by atoms with E-state index in [-0.39, 0.29) is 5.56 Å². The number of para-hydroxylation sites is 1. The Kier molecular flexibility index (Phi) is 6.49. The van der Waals surface area contributed by atoms with E-state index in [4.69, 9.17) is 23.8 Å². The Balaban J connectivity index is 2.02. The maximum Gasteiger partial charge on any atom is 0.281 e. The van der Waals surface area contributed by atoms with Gasteiger partial charge in [0.2, 0.25) is 0 Å². The highest BCUT2D eigenvalue weighted by molar-refractivity contribution is 7.80. The van der Waals surface area contributed by atoms with Gasteiger partial charge in [0.05, 0.1) is 22.0 Å². The van der Waals surface area contributed by atoms with Gasteiger partial charge in [-0.15, -0.1) is 0 Å². The van der Waals surface area contributed by atoms with E-state index in [9.17, 15) is 4.79 Å². The molecule has 0 saturated heterocycles. The first kappa shape index (κ1) is 21.5. The lowest BCUT2D eigenvalue weighted by Gasteiger charge is -2.10. The van der Waals surface area contributed by atoms with Crippen LogP contribution in [0.3, 0.4) is 0 Å².